The maximum atomic E-state index is 11.7. The SMILES string of the molecule is Cc1cc(/C=C/C(=O)O)cnc1N(C)CC(=O)NC(C)C. The number of carboxylic acid groups (broad SMARTS) is 1. The number of aliphatic carboxylic acids is 1. The molecule has 2 N–H and O–H groups in total. The number of hydrogen-bond acceptors (Lipinski definition) is 4. The molecule has 0 aromatic carbocycles. The predicted molar refractivity (Wildman–Crippen MR) is 82.2 cm³/mol. The molecule has 0 saturated carbocycles. The van der Waals surface area contributed by atoms with Gasteiger partial charge in [0.05, 0.1) is 6.54 Å². The number of likely N-dealkylation sites (N-methyl/N-ethyl adjacent to an activating group) is 1. The summed E-state index contributed by atoms with van der Waals surface area (Å²) in [6.45, 7) is 5.91. The summed E-state index contributed by atoms with van der Waals surface area (Å²) >= 11 is 0. The summed E-state index contributed by atoms with van der Waals surface area (Å²) in [5.74, 6) is -0.371. The van der Waals surface area contributed by atoms with Crippen molar-refractivity contribution < 1.29 is 14.7 Å². The fraction of sp³-hybridized carbons (Fsp3) is 0.400. The summed E-state index contributed by atoms with van der Waals surface area (Å²) in [6, 6.07) is 1.93. The fourth-order valence-electron chi connectivity index (χ4n) is 1.91. The Labute approximate surface area is 124 Å². The van der Waals surface area contributed by atoms with Crippen molar-refractivity contribution in [3.8, 4) is 0 Å². The zero-order chi connectivity index (χ0) is 16.0. The van der Waals surface area contributed by atoms with Crippen molar-refractivity contribution in [2.24, 2.45) is 0 Å². The molecule has 1 heterocycles. The van der Waals surface area contributed by atoms with Gasteiger partial charge in [0.25, 0.3) is 0 Å². The Hall–Kier alpha value is -2.37. The lowest BCUT2D eigenvalue weighted by Crippen LogP contribution is -2.39. The minimum absolute atomic E-state index is 0.0662. The Morgan fingerprint density at radius 3 is 2.67 bits per heavy atom. The van der Waals surface area contributed by atoms with Crippen LogP contribution in [0.1, 0.15) is 25.0 Å². The first-order chi connectivity index (χ1) is 9.79. The molecule has 0 aliphatic heterocycles. The smallest absolute Gasteiger partial charge is 0.328 e. The third-order valence-corrected chi connectivity index (χ3v) is 2.68. The van der Waals surface area contributed by atoms with Gasteiger partial charge < -0.3 is 15.3 Å². The number of nitrogens with one attached hydrogen (secondary N) is 1. The average molecular weight is 291 g/mol. The van der Waals surface area contributed by atoms with Crippen LogP contribution in [0.3, 0.4) is 0 Å². The summed E-state index contributed by atoms with van der Waals surface area (Å²) in [7, 11) is 1.79. The molecule has 114 valence electrons. The number of carbonyl (C=O) groups excluding carboxylic acids is 1. The quantitative estimate of drug-likeness (QED) is 0.775. The molecule has 0 bridgehead atoms. The molecule has 0 atom stereocenters. The number of rotatable bonds is 6. The van der Waals surface area contributed by atoms with E-state index in [4.69, 9.17) is 5.11 Å². The fourth-order valence-corrected chi connectivity index (χ4v) is 1.91. The second-order valence-electron chi connectivity index (χ2n) is 5.16. The standard InChI is InChI=1S/C15H21N3O3/c1-10(2)17-13(19)9-18(4)15-11(3)7-12(8-16-15)5-6-14(20)21/h5-8,10H,9H2,1-4H3,(H,17,19)(H,20,21)/b6-5+. The highest BCUT2D eigenvalue weighted by Gasteiger charge is 2.11. The third-order valence-electron chi connectivity index (χ3n) is 2.68. The van der Waals surface area contributed by atoms with Gasteiger partial charge in [-0.3, -0.25) is 4.79 Å². The lowest BCUT2D eigenvalue weighted by atomic mass is 10.2. The largest absolute Gasteiger partial charge is 0.478 e. The van der Waals surface area contributed by atoms with E-state index in [9.17, 15) is 9.59 Å². The van der Waals surface area contributed by atoms with E-state index in [0.29, 0.717) is 11.4 Å². The molecule has 0 radical (unpaired) electrons. The molecular weight excluding hydrogens is 270 g/mol. The number of pyridine rings is 1. The highest BCUT2D eigenvalue weighted by molar-refractivity contribution is 5.85. The van der Waals surface area contributed by atoms with Crippen LogP contribution in [0.15, 0.2) is 18.3 Å². The van der Waals surface area contributed by atoms with Crippen molar-refractivity contribution in [1.82, 2.24) is 10.3 Å². The minimum Gasteiger partial charge on any atom is -0.478 e. The maximum Gasteiger partial charge on any atom is 0.328 e. The van der Waals surface area contributed by atoms with Crippen LogP contribution in [-0.4, -0.2) is 41.6 Å². The normalized spacial score (nSPS) is 10.9. The molecule has 1 aromatic rings. The van der Waals surface area contributed by atoms with Crippen LogP contribution in [0.25, 0.3) is 6.08 Å². The molecule has 0 fully saturated rings. The third kappa shape index (κ3) is 5.64. The Morgan fingerprint density at radius 1 is 1.48 bits per heavy atom. The van der Waals surface area contributed by atoms with Crippen molar-refractivity contribution >= 4 is 23.8 Å². The van der Waals surface area contributed by atoms with Gasteiger partial charge in [-0.05, 0) is 44.0 Å². The molecule has 1 rings (SSSR count). The molecule has 6 heteroatoms. The van der Waals surface area contributed by atoms with E-state index in [1.807, 2.05) is 26.8 Å². The molecule has 0 unspecified atom stereocenters. The van der Waals surface area contributed by atoms with Crippen LogP contribution < -0.4 is 10.2 Å². The number of carboxylic acids is 1. The number of anilines is 1. The molecule has 0 aliphatic carbocycles. The van der Waals surface area contributed by atoms with E-state index < -0.39 is 5.97 Å². The molecule has 0 spiro atoms. The van der Waals surface area contributed by atoms with Gasteiger partial charge in [0.1, 0.15) is 5.82 Å². The highest BCUT2D eigenvalue weighted by atomic mass is 16.4. The first kappa shape index (κ1) is 16.7. The number of aromatic nitrogens is 1. The van der Waals surface area contributed by atoms with Crippen molar-refractivity contribution in [3.05, 3.63) is 29.5 Å². The maximum absolute atomic E-state index is 11.7. The monoisotopic (exact) mass is 291 g/mol. The van der Waals surface area contributed by atoms with Gasteiger partial charge in [0.2, 0.25) is 5.91 Å². The van der Waals surface area contributed by atoms with Gasteiger partial charge in [-0.2, -0.15) is 0 Å². The molecule has 6 nitrogen and oxygen atoms in total. The van der Waals surface area contributed by atoms with Crippen molar-refractivity contribution in [2.75, 3.05) is 18.5 Å². The number of carbonyl (C=O) groups is 2. The van der Waals surface area contributed by atoms with Gasteiger partial charge in [-0.25, -0.2) is 9.78 Å². The first-order valence-electron chi connectivity index (χ1n) is 6.67. The molecule has 1 amide bonds. The van der Waals surface area contributed by atoms with Crippen LogP contribution in [0.2, 0.25) is 0 Å². The Balaban J connectivity index is 2.79. The zero-order valence-electron chi connectivity index (χ0n) is 12.8. The number of nitrogens with zero attached hydrogens (tertiary/aromatic N) is 2. The van der Waals surface area contributed by atoms with Crippen molar-refractivity contribution in [2.45, 2.75) is 26.8 Å². The molecule has 1 aromatic heterocycles. The van der Waals surface area contributed by atoms with E-state index in [1.165, 1.54) is 6.08 Å². The van der Waals surface area contributed by atoms with Gasteiger partial charge in [-0.1, -0.05) is 0 Å². The van der Waals surface area contributed by atoms with Crippen molar-refractivity contribution in [1.29, 1.82) is 0 Å². The van der Waals surface area contributed by atoms with Gasteiger partial charge >= 0.3 is 5.97 Å². The van der Waals surface area contributed by atoms with Crippen LogP contribution in [0, 0.1) is 6.92 Å². The van der Waals surface area contributed by atoms with Gasteiger partial charge in [0.15, 0.2) is 0 Å². The van der Waals surface area contributed by atoms with E-state index >= 15 is 0 Å². The number of aryl methyl sites for hydroxylation is 1. The Bertz CT molecular complexity index is 553. The topological polar surface area (TPSA) is 82.5 Å². The summed E-state index contributed by atoms with van der Waals surface area (Å²) in [5.41, 5.74) is 1.58. The summed E-state index contributed by atoms with van der Waals surface area (Å²) < 4.78 is 0. The van der Waals surface area contributed by atoms with Crippen LogP contribution in [0.4, 0.5) is 5.82 Å². The molecular formula is C15H21N3O3. The molecule has 0 aliphatic rings. The average Bonchev–Trinajstić information content (AvgIpc) is 2.34. The zero-order valence-corrected chi connectivity index (χ0v) is 12.8. The summed E-state index contributed by atoms with van der Waals surface area (Å²) in [6.07, 6.45) is 4.13. The highest BCUT2D eigenvalue weighted by Crippen LogP contribution is 2.17. The van der Waals surface area contributed by atoms with E-state index in [0.717, 1.165) is 11.6 Å². The van der Waals surface area contributed by atoms with E-state index in [2.05, 4.69) is 10.3 Å². The van der Waals surface area contributed by atoms with Crippen LogP contribution in [0.5, 0.6) is 0 Å². The summed E-state index contributed by atoms with van der Waals surface area (Å²) in [5, 5.41) is 11.4. The van der Waals surface area contributed by atoms with E-state index in [-0.39, 0.29) is 18.5 Å². The van der Waals surface area contributed by atoms with E-state index in [1.54, 1.807) is 18.1 Å². The Kier molecular flexibility index (Phi) is 5.90. The minimum atomic E-state index is -1.00. The van der Waals surface area contributed by atoms with Crippen LogP contribution in [-0.2, 0) is 9.59 Å². The molecule has 0 saturated heterocycles. The lowest BCUT2D eigenvalue weighted by molar-refractivity contribution is -0.131. The predicted octanol–water partition coefficient (Wildman–Crippen LogP) is 1.45. The van der Waals surface area contributed by atoms with Crippen molar-refractivity contribution in [3.63, 3.8) is 0 Å². The van der Waals surface area contributed by atoms with Gasteiger partial charge in [0, 0.05) is 25.4 Å². The second-order valence-corrected chi connectivity index (χ2v) is 5.16. The first-order valence-corrected chi connectivity index (χ1v) is 6.67. The van der Waals surface area contributed by atoms with Gasteiger partial charge in [-0.15, -0.1) is 0 Å². The lowest BCUT2D eigenvalue weighted by Gasteiger charge is -2.20. The second kappa shape index (κ2) is 7.42. The van der Waals surface area contributed by atoms with Crippen LogP contribution >= 0.6 is 0 Å². The number of hydrogen-bond donors (Lipinski definition) is 2. The Morgan fingerprint density at radius 2 is 2.14 bits per heavy atom. The number of amides is 1. The molecule has 21 heavy (non-hydrogen) atoms. The summed E-state index contributed by atoms with van der Waals surface area (Å²) in [4.78, 5) is 28.3.